The van der Waals surface area contributed by atoms with Gasteiger partial charge in [-0.15, -0.1) is 0 Å². The Kier molecular flexibility index (Phi) is 8.25. The highest BCUT2D eigenvalue weighted by Gasteiger charge is 2.34. The molecule has 2 fully saturated rings. The van der Waals surface area contributed by atoms with Crippen molar-refractivity contribution in [2.24, 2.45) is 5.41 Å². The molecule has 0 bridgehead atoms. The fourth-order valence-corrected chi connectivity index (χ4v) is 8.06. The number of nitrogens with zero attached hydrogens (tertiary/aromatic N) is 2. The average molecular weight is 537 g/mol. The first-order valence-corrected chi connectivity index (χ1v) is 15.5. The van der Waals surface area contributed by atoms with Crippen molar-refractivity contribution in [1.82, 2.24) is 4.90 Å². The van der Waals surface area contributed by atoms with Gasteiger partial charge in [-0.05, 0) is 129 Å². The number of anilines is 1. The van der Waals surface area contributed by atoms with Gasteiger partial charge in [-0.25, -0.2) is 0 Å². The second kappa shape index (κ2) is 12.2. The minimum atomic E-state index is 0.293. The number of fused-ring (bicyclic) bond motifs is 1. The lowest BCUT2D eigenvalue weighted by molar-refractivity contribution is -0.109. The van der Waals surface area contributed by atoms with Gasteiger partial charge in [0, 0.05) is 24.7 Å². The van der Waals surface area contributed by atoms with Crippen molar-refractivity contribution in [3.63, 3.8) is 0 Å². The van der Waals surface area contributed by atoms with Gasteiger partial charge >= 0.3 is 0 Å². The van der Waals surface area contributed by atoms with Crippen LogP contribution >= 0.6 is 0 Å². The summed E-state index contributed by atoms with van der Waals surface area (Å²) in [4.78, 5) is 15.9. The van der Waals surface area contributed by atoms with E-state index in [4.69, 9.17) is 0 Å². The van der Waals surface area contributed by atoms with E-state index in [1.165, 1.54) is 72.9 Å². The summed E-state index contributed by atoms with van der Waals surface area (Å²) in [6.07, 6.45) is 12.0. The molecule has 3 aromatic carbocycles. The van der Waals surface area contributed by atoms with Crippen molar-refractivity contribution in [1.29, 1.82) is 0 Å². The van der Waals surface area contributed by atoms with Crippen molar-refractivity contribution in [3.05, 3.63) is 95.1 Å². The van der Waals surface area contributed by atoms with Crippen LogP contribution in [0.25, 0.3) is 0 Å². The molecule has 2 heterocycles. The molecule has 0 aromatic heterocycles. The number of likely N-dealkylation sites (tertiary alicyclic amines) is 1. The molecule has 1 spiro atoms. The summed E-state index contributed by atoms with van der Waals surface area (Å²) in [5.41, 5.74) is 7.24. The zero-order chi connectivity index (χ0) is 27.4. The molecule has 4 heteroatoms. The first kappa shape index (κ1) is 27.1. The van der Waals surface area contributed by atoms with Crippen LogP contribution in [-0.2, 0) is 11.2 Å². The van der Waals surface area contributed by atoms with Crippen LogP contribution in [-0.4, -0.2) is 49.0 Å². The first-order chi connectivity index (χ1) is 19.6. The van der Waals surface area contributed by atoms with Crippen molar-refractivity contribution < 1.29 is 9.90 Å². The SMILES string of the molecule is O=CCN1CCCC2(CCC1)CCCN(c1ccc([C@H]3c4ccc(O)cc4CCC3c3ccccc3)cc1)CC2. The molecule has 210 valence electrons. The van der Waals surface area contributed by atoms with E-state index in [9.17, 15) is 9.90 Å². The maximum Gasteiger partial charge on any atom is 0.133 e. The quantitative estimate of drug-likeness (QED) is 0.347. The number of phenols is 1. The largest absolute Gasteiger partial charge is 0.508 e. The summed E-state index contributed by atoms with van der Waals surface area (Å²) in [6.45, 7) is 5.00. The lowest BCUT2D eigenvalue weighted by Gasteiger charge is -2.37. The lowest BCUT2D eigenvalue weighted by Crippen LogP contribution is -2.34. The maximum absolute atomic E-state index is 11.0. The molecular weight excluding hydrogens is 492 g/mol. The number of hydrogen-bond acceptors (Lipinski definition) is 4. The summed E-state index contributed by atoms with van der Waals surface area (Å²) >= 11 is 0. The van der Waals surface area contributed by atoms with Gasteiger partial charge in [0.05, 0.1) is 6.54 Å². The van der Waals surface area contributed by atoms with Gasteiger partial charge in [0.1, 0.15) is 12.0 Å². The Morgan fingerprint density at radius 1 is 0.800 bits per heavy atom. The van der Waals surface area contributed by atoms with Crippen LogP contribution in [0, 0.1) is 5.41 Å². The van der Waals surface area contributed by atoms with Crippen LogP contribution < -0.4 is 4.90 Å². The van der Waals surface area contributed by atoms with Crippen LogP contribution in [0.1, 0.15) is 85.5 Å². The molecule has 3 aromatic rings. The minimum absolute atomic E-state index is 0.293. The Balaban J connectivity index is 1.19. The maximum atomic E-state index is 11.0. The molecule has 40 heavy (non-hydrogen) atoms. The molecule has 4 nitrogen and oxygen atoms in total. The van der Waals surface area contributed by atoms with Crippen LogP contribution in [0.5, 0.6) is 5.75 Å². The lowest BCUT2D eigenvalue weighted by atomic mass is 9.69. The number of carbonyl (C=O) groups excluding carboxylic acids is 1. The molecule has 2 aliphatic heterocycles. The van der Waals surface area contributed by atoms with Crippen LogP contribution in [0.2, 0.25) is 0 Å². The molecule has 0 amide bonds. The van der Waals surface area contributed by atoms with E-state index < -0.39 is 0 Å². The van der Waals surface area contributed by atoms with E-state index in [0.29, 0.717) is 29.5 Å². The van der Waals surface area contributed by atoms with E-state index in [-0.39, 0.29) is 0 Å². The highest BCUT2D eigenvalue weighted by molar-refractivity contribution is 5.53. The monoisotopic (exact) mass is 536 g/mol. The molecule has 0 radical (unpaired) electrons. The molecule has 0 saturated carbocycles. The number of rotatable bonds is 5. The van der Waals surface area contributed by atoms with Gasteiger partial charge in [-0.1, -0.05) is 48.5 Å². The molecule has 3 aliphatic rings. The molecular formula is C36H44N2O2. The summed E-state index contributed by atoms with van der Waals surface area (Å²) < 4.78 is 0. The number of benzene rings is 3. The Labute approximate surface area is 240 Å². The molecule has 1 N–H and O–H groups in total. The number of aryl methyl sites for hydroxylation is 1. The van der Waals surface area contributed by atoms with E-state index in [2.05, 4.69) is 70.5 Å². The van der Waals surface area contributed by atoms with E-state index in [1.807, 2.05) is 12.1 Å². The molecule has 1 aliphatic carbocycles. The predicted octanol–water partition coefficient (Wildman–Crippen LogP) is 7.31. The van der Waals surface area contributed by atoms with Gasteiger partial charge in [0.25, 0.3) is 0 Å². The number of aldehydes is 1. The molecule has 1 unspecified atom stereocenters. The third-order valence-electron chi connectivity index (χ3n) is 10.2. The summed E-state index contributed by atoms with van der Waals surface area (Å²) in [7, 11) is 0. The minimum Gasteiger partial charge on any atom is -0.508 e. The topological polar surface area (TPSA) is 43.8 Å². The fourth-order valence-electron chi connectivity index (χ4n) is 8.06. The van der Waals surface area contributed by atoms with Crippen LogP contribution in [0.3, 0.4) is 0 Å². The number of phenolic OH excluding ortho intramolecular Hbond substituents is 1. The Bertz CT molecular complexity index is 1260. The van der Waals surface area contributed by atoms with Crippen molar-refractivity contribution in [2.75, 3.05) is 37.6 Å². The summed E-state index contributed by atoms with van der Waals surface area (Å²) in [6, 6.07) is 26.4. The number of carbonyl (C=O) groups is 1. The van der Waals surface area contributed by atoms with Crippen molar-refractivity contribution >= 4 is 12.0 Å². The van der Waals surface area contributed by atoms with E-state index in [0.717, 1.165) is 45.3 Å². The Morgan fingerprint density at radius 3 is 2.25 bits per heavy atom. The van der Waals surface area contributed by atoms with Gasteiger partial charge in [-0.3, -0.25) is 4.90 Å². The van der Waals surface area contributed by atoms with Gasteiger partial charge in [0.15, 0.2) is 0 Å². The summed E-state index contributed by atoms with van der Waals surface area (Å²) in [5.74, 6) is 1.10. The second-order valence-electron chi connectivity index (χ2n) is 12.5. The average Bonchev–Trinajstić information content (AvgIpc) is 3.19. The molecule has 6 rings (SSSR count). The Morgan fingerprint density at radius 2 is 1.52 bits per heavy atom. The van der Waals surface area contributed by atoms with Crippen molar-refractivity contribution in [3.8, 4) is 5.75 Å². The van der Waals surface area contributed by atoms with Gasteiger partial charge < -0.3 is 14.8 Å². The number of hydrogen-bond donors (Lipinski definition) is 1. The zero-order valence-electron chi connectivity index (χ0n) is 23.8. The third-order valence-corrected chi connectivity index (χ3v) is 10.2. The van der Waals surface area contributed by atoms with E-state index >= 15 is 0 Å². The number of aromatic hydroxyl groups is 1. The molecule has 2 saturated heterocycles. The van der Waals surface area contributed by atoms with Crippen LogP contribution in [0.15, 0.2) is 72.8 Å². The smallest absolute Gasteiger partial charge is 0.133 e. The van der Waals surface area contributed by atoms with Crippen molar-refractivity contribution in [2.45, 2.75) is 69.6 Å². The van der Waals surface area contributed by atoms with Gasteiger partial charge in [0.2, 0.25) is 0 Å². The standard InChI is InChI=1S/C36H44N2O2/c39-26-25-37-21-4-17-36(18-5-22-37)19-6-23-38(24-20-36)31-12-9-29(10-13-31)35-33(28-7-2-1-3-8-28)15-11-30-27-32(40)14-16-34(30)35/h1-3,7-10,12-14,16,26-27,33,35,40H,4-6,11,15,17-25H2/t33?,35-/m1/s1. The third kappa shape index (κ3) is 5.83. The van der Waals surface area contributed by atoms with E-state index in [1.54, 1.807) is 0 Å². The predicted molar refractivity (Wildman–Crippen MR) is 163 cm³/mol. The normalized spacial score (nSPS) is 23.6. The molecule has 2 atom stereocenters. The highest BCUT2D eigenvalue weighted by Crippen LogP contribution is 2.47. The fraction of sp³-hybridized carbons (Fsp3) is 0.472. The zero-order valence-corrected chi connectivity index (χ0v) is 23.8. The second-order valence-corrected chi connectivity index (χ2v) is 12.5. The summed E-state index contributed by atoms with van der Waals surface area (Å²) in [5, 5.41) is 10.2. The van der Waals surface area contributed by atoms with Crippen LogP contribution in [0.4, 0.5) is 5.69 Å². The first-order valence-electron chi connectivity index (χ1n) is 15.5. The highest BCUT2D eigenvalue weighted by atomic mass is 16.3. The Hall–Kier alpha value is -3.11. The van der Waals surface area contributed by atoms with Gasteiger partial charge in [-0.2, -0.15) is 0 Å².